The van der Waals surface area contributed by atoms with Crippen molar-refractivity contribution in [2.75, 3.05) is 4.90 Å². The Morgan fingerprint density at radius 2 is 1.82 bits per heavy atom. The molecule has 0 aliphatic heterocycles. The van der Waals surface area contributed by atoms with Crippen molar-refractivity contribution in [1.82, 2.24) is 9.97 Å². The van der Waals surface area contributed by atoms with E-state index in [1.54, 1.807) is 55.4 Å². The van der Waals surface area contributed by atoms with Crippen LogP contribution in [0.1, 0.15) is 30.5 Å². The zero-order valence-electron chi connectivity index (χ0n) is 18.7. The van der Waals surface area contributed by atoms with Gasteiger partial charge >= 0.3 is 0 Å². The van der Waals surface area contributed by atoms with E-state index < -0.39 is 15.1 Å². The van der Waals surface area contributed by atoms with Gasteiger partial charge in [-0.1, -0.05) is 35.6 Å². The van der Waals surface area contributed by atoms with Crippen molar-refractivity contribution in [3.05, 3.63) is 83.7 Å². The predicted molar refractivity (Wildman–Crippen MR) is 132 cm³/mol. The average Bonchev–Trinajstić information content (AvgIpc) is 3.21. The highest BCUT2D eigenvalue weighted by molar-refractivity contribution is 7.92. The van der Waals surface area contributed by atoms with Gasteiger partial charge in [-0.05, 0) is 67.8 Å². The molecule has 2 aromatic carbocycles. The molecule has 0 aliphatic rings. The van der Waals surface area contributed by atoms with Gasteiger partial charge in [0.05, 0.1) is 33.3 Å². The molecule has 2 aromatic heterocycles. The lowest BCUT2D eigenvalue weighted by Gasteiger charge is -2.20. The van der Waals surface area contributed by atoms with E-state index in [9.17, 15) is 13.2 Å². The fourth-order valence-electron chi connectivity index (χ4n) is 3.41. The molecule has 0 N–H and O–H groups in total. The van der Waals surface area contributed by atoms with Gasteiger partial charge in [-0.2, -0.15) is 0 Å². The smallest absolute Gasteiger partial charge is 0.233 e. The van der Waals surface area contributed by atoms with Crippen molar-refractivity contribution in [2.45, 2.75) is 43.9 Å². The van der Waals surface area contributed by atoms with Crippen LogP contribution >= 0.6 is 11.3 Å². The van der Waals surface area contributed by atoms with Gasteiger partial charge in [-0.25, -0.2) is 13.4 Å². The van der Waals surface area contributed by atoms with Crippen LogP contribution in [0.3, 0.4) is 0 Å². The molecule has 0 fully saturated rings. The van der Waals surface area contributed by atoms with Crippen molar-refractivity contribution in [2.24, 2.45) is 0 Å². The first-order chi connectivity index (χ1) is 15.7. The number of hydrogen-bond donors (Lipinski definition) is 0. The molecular formula is C25H25N3O3S2. The van der Waals surface area contributed by atoms with Gasteiger partial charge in [0.25, 0.3) is 0 Å². The van der Waals surface area contributed by atoms with Crippen molar-refractivity contribution in [3.63, 3.8) is 0 Å². The maximum Gasteiger partial charge on any atom is 0.233 e. The molecule has 6 nitrogen and oxygen atoms in total. The Morgan fingerprint density at radius 3 is 2.48 bits per heavy atom. The lowest BCUT2D eigenvalue weighted by molar-refractivity contribution is -0.118. The summed E-state index contributed by atoms with van der Waals surface area (Å²) >= 11 is 1.48. The fourth-order valence-corrected chi connectivity index (χ4v) is 5.55. The van der Waals surface area contributed by atoms with Crippen LogP contribution in [0.5, 0.6) is 0 Å². The molecule has 33 heavy (non-hydrogen) atoms. The number of hydrogen-bond acceptors (Lipinski definition) is 6. The molecule has 0 spiro atoms. The highest BCUT2D eigenvalue weighted by Crippen LogP contribution is 2.31. The maximum atomic E-state index is 13.4. The number of rotatable bonds is 7. The van der Waals surface area contributed by atoms with Gasteiger partial charge in [0.15, 0.2) is 15.0 Å². The number of sulfone groups is 1. The maximum absolute atomic E-state index is 13.4. The van der Waals surface area contributed by atoms with E-state index in [-0.39, 0.29) is 17.2 Å². The topological polar surface area (TPSA) is 80.2 Å². The van der Waals surface area contributed by atoms with Crippen LogP contribution in [0.4, 0.5) is 5.13 Å². The van der Waals surface area contributed by atoms with Crippen molar-refractivity contribution in [3.8, 4) is 0 Å². The molecule has 0 saturated carbocycles. The SMILES string of the molecule is Cc1ccc2nc(N(Cc3cccnc3)C(=O)Cc3ccc(S(=O)(=O)C(C)C)cc3)sc2c1. The Balaban J connectivity index is 1.63. The summed E-state index contributed by atoms with van der Waals surface area (Å²) in [6.45, 7) is 5.69. The van der Waals surface area contributed by atoms with Gasteiger partial charge in [-0.3, -0.25) is 14.7 Å². The third-order valence-corrected chi connectivity index (χ3v) is 8.57. The van der Waals surface area contributed by atoms with E-state index in [0.717, 1.165) is 26.9 Å². The molecule has 0 aliphatic carbocycles. The number of benzene rings is 2. The first-order valence-corrected chi connectivity index (χ1v) is 13.0. The quantitative estimate of drug-likeness (QED) is 0.374. The third kappa shape index (κ3) is 5.12. The Hall–Kier alpha value is -3.10. The Morgan fingerprint density at radius 1 is 1.06 bits per heavy atom. The Bertz CT molecular complexity index is 1380. The first kappa shape index (κ1) is 23.1. The minimum absolute atomic E-state index is 0.117. The van der Waals surface area contributed by atoms with E-state index in [1.165, 1.54) is 11.3 Å². The average molecular weight is 480 g/mol. The number of carbonyl (C=O) groups excluding carboxylic acids is 1. The van der Waals surface area contributed by atoms with E-state index >= 15 is 0 Å². The largest absolute Gasteiger partial charge is 0.283 e. The monoisotopic (exact) mass is 479 g/mol. The molecule has 0 atom stereocenters. The van der Waals surface area contributed by atoms with Gasteiger partial charge < -0.3 is 0 Å². The summed E-state index contributed by atoms with van der Waals surface area (Å²) < 4.78 is 25.8. The number of thiazole rings is 1. The number of nitrogens with zero attached hydrogens (tertiary/aromatic N) is 3. The van der Waals surface area contributed by atoms with Crippen LogP contribution < -0.4 is 4.90 Å². The second kappa shape index (κ2) is 9.41. The Labute approximate surface area is 197 Å². The van der Waals surface area contributed by atoms with Gasteiger partial charge in [-0.15, -0.1) is 0 Å². The third-order valence-electron chi connectivity index (χ3n) is 5.36. The molecule has 8 heteroatoms. The molecule has 0 unspecified atom stereocenters. The molecule has 0 bridgehead atoms. The van der Waals surface area contributed by atoms with E-state index in [4.69, 9.17) is 4.98 Å². The summed E-state index contributed by atoms with van der Waals surface area (Å²) in [5.41, 5.74) is 3.64. The first-order valence-electron chi connectivity index (χ1n) is 10.6. The van der Waals surface area contributed by atoms with E-state index in [0.29, 0.717) is 11.7 Å². The standard InChI is InChI=1S/C25H25N3O3S2/c1-17(2)33(30,31)21-9-7-19(8-10-21)14-24(29)28(16-20-5-4-12-26-15-20)25-27-22-11-6-18(3)13-23(22)32-25/h4-13,15,17H,14,16H2,1-3H3. The second-order valence-corrected chi connectivity index (χ2v) is 11.7. The fraction of sp³-hybridized carbons (Fsp3) is 0.240. The van der Waals surface area contributed by atoms with Crippen molar-refractivity contribution >= 4 is 42.4 Å². The number of pyridine rings is 1. The van der Waals surface area contributed by atoms with Crippen molar-refractivity contribution in [1.29, 1.82) is 0 Å². The van der Waals surface area contributed by atoms with Gasteiger partial charge in [0.2, 0.25) is 5.91 Å². The summed E-state index contributed by atoms with van der Waals surface area (Å²) in [7, 11) is -3.35. The van der Waals surface area contributed by atoms with Crippen molar-refractivity contribution < 1.29 is 13.2 Å². The van der Waals surface area contributed by atoms with Gasteiger partial charge in [0.1, 0.15) is 0 Å². The van der Waals surface area contributed by atoms with Gasteiger partial charge in [0, 0.05) is 12.4 Å². The number of aromatic nitrogens is 2. The lowest BCUT2D eigenvalue weighted by atomic mass is 10.1. The predicted octanol–water partition coefficient (Wildman–Crippen LogP) is 4.96. The number of amides is 1. The molecule has 0 radical (unpaired) electrons. The minimum Gasteiger partial charge on any atom is -0.283 e. The summed E-state index contributed by atoms with van der Waals surface area (Å²) in [5.74, 6) is -0.117. The van der Waals surface area contributed by atoms with Crippen LogP contribution in [0, 0.1) is 6.92 Å². The van der Waals surface area contributed by atoms with Crippen LogP contribution in [0.15, 0.2) is 71.9 Å². The van der Waals surface area contributed by atoms with E-state index in [1.807, 2.05) is 31.2 Å². The zero-order chi connectivity index (χ0) is 23.6. The number of aryl methyl sites for hydroxylation is 1. The van der Waals surface area contributed by atoms with Crippen LogP contribution in [0.25, 0.3) is 10.2 Å². The summed E-state index contributed by atoms with van der Waals surface area (Å²) in [6.07, 6.45) is 3.57. The molecule has 2 heterocycles. The lowest BCUT2D eigenvalue weighted by Crippen LogP contribution is -2.31. The summed E-state index contributed by atoms with van der Waals surface area (Å²) in [5, 5.41) is 0.131. The molecule has 4 aromatic rings. The summed E-state index contributed by atoms with van der Waals surface area (Å²) in [6, 6.07) is 16.4. The highest BCUT2D eigenvalue weighted by Gasteiger charge is 2.22. The highest BCUT2D eigenvalue weighted by atomic mass is 32.2. The normalized spacial score (nSPS) is 11.8. The van der Waals surface area contributed by atoms with Crippen LogP contribution in [0.2, 0.25) is 0 Å². The molecule has 1 amide bonds. The van der Waals surface area contributed by atoms with E-state index in [2.05, 4.69) is 11.1 Å². The number of carbonyl (C=O) groups is 1. The number of anilines is 1. The summed E-state index contributed by atoms with van der Waals surface area (Å²) in [4.78, 5) is 24.2. The molecule has 170 valence electrons. The Kier molecular flexibility index (Phi) is 6.58. The molecule has 4 rings (SSSR count). The minimum atomic E-state index is -3.35. The van der Waals surface area contributed by atoms with Crippen LogP contribution in [-0.2, 0) is 27.6 Å². The molecule has 0 saturated heterocycles. The zero-order valence-corrected chi connectivity index (χ0v) is 20.4. The second-order valence-electron chi connectivity index (χ2n) is 8.22. The molecular weight excluding hydrogens is 454 g/mol. The van der Waals surface area contributed by atoms with Crippen LogP contribution in [-0.4, -0.2) is 29.5 Å². The number of fused-ring (bicyclic) bond motifs is 1.